The van der Waals surface area contributed by atoms with Crippen molar-refractivity contribution in [1.29, 1.82) is 0 Å². The summed E-state index contributed by atoms with van der Waals surface area (Å²) in [6, 6.07) is 7.37. The predicted octanol–water partition coefficient (Wildman–Crippen LogP) is 1.34. The molecule has 6 nitrogen and oxygen atoms in total. The first-order valence-electron chi connectivity index (χ1n) is 8.28. The molecule has 0 bridgehead atoms. The lowest BCUT2D eigenvalue weighted by molar-refractivity contribution is 0.0752. The molecule has 1 N–H and O–H groups in total. The Morgan fingerprint density at radius 3 is 2.61 bits per heavy atom. The second-order valence-corrected chi connectivity index (χ2v) is 6.38. The number of likely N-dealkylation sites (tertiary alicyclic amines) is 1. The summed E-state index contributed by atoms with van der Waals surface area (Å²) < 4.78 is 1.68. The number of rotatable bonds is 2. The minimum atomic E-state index is 0.0342. The van der Waals surface area contributed by atoms with Gasteiger partial charge in [0.2, 0.25) is 0 Å². The van der Waals surface area contributed by atoms with Gasteiger partial charge in [0.15, 0.2) is 5.82 Å². The third-order valence-corrected chi connectivity index (χ3v) is 5.00. The molecular weight excluding hydrogens is 290 g/mol. The smallest absolute Gasteiger partial charge is 0.272 e. The molecule has 0 aromatic carbocycles. The van der Waals surface area contributed by atoms with Crippen LogP contribution in [0.1, 0.15) is 23.3 Å². The van der Waals surface area contributed by atoms with Crippen LogP contribution in [0.4, 0.5) is 0 Å². The first-order valence-corrected chi connectivity index (χ1v) is 8.28. The van der Waals surface area contributed by atoms with Crippen LogP contribution >= 0.6 is 0 Å². The maximum absolute atomic E-state index is 12.8. The molecule has 2 aromatic rings. The normalized spacial score (nSPS) is 24.3. The topological polar surface area (TPSA) is 63.1 Å². The number of hydrogen-bond acceptors (Lipinski definition) is 4. The molecule has 0 unspecified atom stereocenters. The van der Waals surface area contributed by atoms with Crippen LogP contribution in [0.3, 0.4) is 0 Å². The monoisotopic (exact) mass is 311 g/mol. The molecule has 2 aliphatic rings. The maximum atomic E-state index is 12.8. The fourth-order valence-corrected chi connectivity index (χ4v) is 3.66. The first-order chi connectivity index (χ1) is 11.3. The molecule has 23 heavy (non-hydrogen) atoms. The van der Waals surface area contributed by atoms with Crippen LogP contribution in [0.2, 0.25) is 0 Å². The lowest BCUT2D eigenvalue weighted by Crippen LogP contribution is -2.33. The number of carbonyl (C=O) groups is 1. The van der Waals surface area contributed by atoms with Crippen LogP contribution in [-0.2, 0) is 0 Å². The lowest BCUT2D eigenvalue weighted by atomic mass is 9.92. The quantitative estimate of drug-likeness (QED) is 0.909. The van der Waals surface area contributed by atoms with Gasteiger partial charge in [0.05, 0.1) is 0 Å². The molecule has 0 aliphatic carbocycles. The SMILES string of the molecule is O=C(c1cccc(-n2cccn2)n1)N1CC[C@@H]2CNC[C@@H]2CC1. The lowest BCUT2D eigenvalue weighted by Gasteiger charge is -2.20. The summed E-state index contributed by atoms with van der Waals surface area (Å²) in [6.45, 7) is 3.85. The minimum absolute atomic E-state index is 0.0342. The summed E-state index contributed by atoms with van der Waals surface area (Å²) >= 11 is 0. The van der Waals surface area contributed by atoms with Gasteiger partial charge in [-0.1, -0.05) is 6.07 Å². The summed E-state index contributed by atoms with van der Waals surface area (Å²) in [4.78, 5) is 19.3. The van der Waals surface area contributed by atoms with Crippen molar-refractivity contribution >= 4 is 5.91 Å². The Balaban J connectivity index is 1.51. The highest BCUT2D eigenvalue weighted by Gasteiger charge is 2.31. The molecule has 0 spiro atoms. The third-order valence-electron chi connectivity index (χ3n) is 5.00. The molecule has 0 radical (unpaired) electrons. The number of hydrogen-bond donors (Lipinski definition) is 1. The van der Waals surface area contributed by atoms with Gasteiger partial charge in [-0.25, -0.2) is 9.67 Å². The molecule has 2 atom stereocenters. The molecule has 120 valence electrons. The highest BCUT2D eigenvalue weighted by molar-refractivity contribution is 5.92. The summed E-state index contributed by atoms with van der Waals surface area (Å²) in [5.41, 5.74) is 0.503. The van der Waals surface area contributed by atoms with Crippen LogP contribution in [-0.4, -0.2) is 51.8 Å². The zero-order chi connectivity index (χ0) is 15.6. The molecule has 2 aromatic heterocycles. The van der Waals surface area contributed by atoms with E-state index in [2.05, 4.69) is 15.4 Å². The number of fused-ring (bicyclic) bond motifs is 1. The fraction of sp³-hybridized carbons (Fsp3) is 0.471. The number of nitrogens with one attached hydrogen (secondary N) is 1. The van der Waals surface area contributed by atoms with Gasteiger partial charge < -0.3 is 10.2 Å². The molecule has 4 rings (SSSR count). The molecule has 1 amide bonds. The van der Waals surface area contributed by atoms with E-state index in [0.717, 1.165) is 50.9 Å². The molecule has 2 saturated heterocycles. The third kappa shape index (κ3) is 2.86. The highest BCUT2D eigenvalue weighted by Crippen LogP contribution is 2.27. The standard InChI is InChI=1S/C17H21N5O/c23-17(21-9-5-13-11-18-12-14(13)6-10-21)15-3-1-4-16(20-15)22-8-2-7-19-22/h1-4,7-8,13-14,18H,5-6,9-12H2/t13-,14+. The van der Waals surface area contributed by atoms with Crippen molar-refractivity contribution in [2.24, 2.45) is 11.8 Å². The van der Waals surface area contributed by atoms with E-state index in [4.69, 9.17) is 0 Å². The molecular formula is C17H21N5O. The van der Waals surface area contributed by atoms with Gasteiger partial charge in [-0.3, -0.25) is 4.79 Å². The highest BCUT2D eigenvalue weighted by atomic mass is 16.2. The fourth-order valence-electron chi connectivity index (χ4n) is 3.66. The van der Waals surface area contributed by atoms with Crippen molar-refractivity contribution < 1.29 is 4.79 Å². The zero-order valence-corrected chi connectivity index (χ0v) is 13.1. The van der Waals surface area contributed by atoms with E-state index in [-0.39, 0.29) is 5.91 Å². The second kappa shape index (κ2) is 6.12. The Bertz CT molecular complexity index is 670. The van der Waals surface area contributed by atoms with Gasteiger partial charge >= 0.3 is 0 Å². The summed E-state index contributed by atoms with van der Waals surface area (Å²) in [7, 11) is 0. The van der Waals surface area contributed by atoms with Crippen LogP contribution in [0.15, 0.2) is 36.7 Å². The van der Waals surface area contributed by atoms with E-state index >= 15 is 0 Å². The van der Waals surface area contributed by atoms with Crippen molar-refractivity contribution in [3.8, 4) is 5.82 Å². The van der Waals surface area contributed by atoms with Gasteiger partial charge in [-0.2, -0.15) is 5.10 Å². The second-order valence-electron chi connectivity index (χ2n) is 6.38. The number of pyridine rings is 1. The van der Waals surface area contributed by atoms with Gasteiger partial charge in [0.1, 0.15) is 5.69 Å². The Morgan fingerprint density at radius 1 is 1.13 bits per heavy atom. The first kappa shape index (κ1) is 14.4. The van der Waals surface area contributed by atoms with Crippen LogP contribution < -0.4 is 5.32 Å². The molecule has 4 heterocycles. The number of aromatic nitrogens is 3. The molecule has 6 heteroatoms. The summed E-state index contributed by atoms with van der Waals surface area (Å²) in [5.74, 6) is 2.15. The van der Waals surface area contributed by atoms with Crippen molar-refractivity contribution in [3.05, 3.63) is 42.4 Å². The number of nitrogens with zero attached hydrogens (tertiary/aromatic N) is 4. The molecule has 2 fully saturated rings. The van der Waals surface area contributed by atoms with E-state index < -0.39 is 0 Å². The van der Waals surface area contributed by atoms with Gasteiger partial charge in [-0.05, 0) is 56.0 Å². The van der Waals surface area contributed by atoms with Crippen LogP contribution in [0, 0.1) is 11.8 Å². The Hall–Kier alpha value is -2.21. The van der Waals surface area contributed by atoms with E-state index in [9.17, 15) is 4.79 Å². The molecule has 0 saturated carbocycles. The van der Waals surface area contributed by atoms with Crippen LogP contribution in [0.5, 0.6) is 0 Å². The van der Waals surface area contributed by atoms with E-state index in [1.807, 2.05) is 29.3 Å². The Labute approximate surface area is 135 Å². The Morgan fingerprint density at radius 2 is 1.91 bits per heavy atom. The maximum Gasteiger partial charge on any atom is 0.272 e. The summed E-state index contributed by atoms with van der Waals surface area (Å²) in [6.07, 6.45) is 5.71. The van der Waals surface area contributed by atoms with Crippen molar-refractivity contribution in [1.82, 2.24) is 25.0 Å². The van der Waals surface area contributed by atoms with Crippen molar-refractivity contribution in [2.45, 2.75) is 12.8 Å². The summed E-state index contributed by atoms with van der Waals surface area (Å²) in [5, 5.41) is 7.64. The number of amides is 1. The average molecular weight is 311 g/mol. The van der Waals surface area contributed by atoms with Gasteiger partial charge in [-0.15, -0.1) is 0 Å². The Kier molecular flexibility index (Phi) is 3.83. The van der Waals surface area contributed by atoms with E-state index in [1.165, 1.54) is 0 Å². The van der Waals surface area contributed by atoms with Gasteiger partial charge in [0, 0.05) is 25.5 Å². The van der Waals surface area contributed by atoms with Crippen molar-refractivity contribution in [2.75, 3.05) is 26.2 Å². The largest absolute Gasteiger partial charge is 0.337 e. The molecule has 2 aliphatic heterocycles. The van der Waals surface area contributed by atoms with E-state index in [0.29, 0.717) is 11.5 Å². The zero-order valence-electron chi connectivity index (χ0n) is 13.1. The van der Waals surface area contributed by atoms with Crippen LogP contribution in [0.25, 0.3) is 5.82 Å². The number of carbonyl (C=O) groups excluding carboxylic acids is 1. The van der Waals surface area contributed by atoms with E-state index in [1.54, 1.807) is 16.9 Å². The average Bonchev–Trinajstić information content (AvgIpc) is 3.23. The van der Waals surface area contributed by atoms with Crippen molar-refractivity contribution in [3.63, 3.8) is 0 Å². The predicted molar refractivity (Wildman–Crippen MR) is 86.3 cm³/mol. The minimum Gasteiger partial charge on any atom is -0.337 e. The van der Waals surface area contributed by atoms with Gasteiger partial charge in [0.25, 0.3) is 5.91 Å².